The van der Waals surface area contributed by atoms with Crippen molar-refractivity contribution in [2.45, 2.75) is 44.7 Å². The van der Waals surface area contributed by atoms with E-state index in [9.17, 15) is 9.59 Å². The Labute approximate surface area is 148 Å². The molecule has 136 valence electrons. The van der Waals surface area contributed by atoms with E-state index in [1.807, 2.05) is 18.2 Å². The second-order valence-corrected chi connectivity index (χ2v) is 6.82. The zero-order valence-electron chi connectivity index (χ0n) is 14.8. The zero-order chi connectivity index (χ0) is 17.6. The van der Waals surface area contributed by atoms with Crippen LogP contribution in [0, 0.1) is 0 Å². The van der Waals surface area contributed by atoms with E-state index in [4.69, 9.17) is 0 Å². The second-order valence-electron chi connectivity index (χ2n) is 6.82. The minimum atomic E-state index is -0.512. The number of nitrogens with zero attached hydrogens (tertiary/aromatic N) is 3. The van der Waals surface area contributed by atoms with Crippen LogP contribution in [0.25, 0.3) is 0 Å². The van der Waals surface area contributed by atoms with E-state index in [2.05, 4.69) is 20.5 Å². The average Bonchev–Trinajstić information content (AvgIpc) is 3.15. The molecule has 2 N–H and O–H groups in total. The summed E-state index contributed by atoms with van der Waals surface area (Å²) in [5, 5.41) is 5.85. The Kier molecular flexibility index (Phi) is 5.73. The summed E-state index contributed by atoms with van der Waals surface area (Å²) in [6.07, 6.45) is 6.21. The van der Waals surface area contributed by atoms with Crippen molar-refractivity contribution in [1.29, 1.82) is 0 Å². The van der Waals surface area contributed by atoms with Gasteiger partial charge in [-0.3, -0.25) is 4.79 Å². The summed E-state index contributed by atoms with van der Waals surface area (Å²) in [4.78, 5) is 32.9. The van der Waals surface area contributed by atoms with Gasteiger partial charge in [0.2, 0.25) is 5.91 Å². The number of hydrogen-bond acceptors (Lipinski definition) is 4. The van der Waals surface area contributed by atoms with E-state index in [1.54, 1.807) is 18.0 Å². The van der Waals surface area contributed by atoms with Crippen LogP contribution < -0.4 is 15.5 Å². The molecule has 3 rings (SSSR count). The van der Waals surface area contributed by atoms with E-state index in [-0.39, 0.29) is 18.0 Å². The number of piperazine rings is 1. The van der Waals surface area contributed by atoms with Crippen LogP contribution in [0.1, 0.15) is 32.6 Å². The van der Waals surface area contributed by atoms with Crippen LogP contribution in [-0.4, -0.2) is 60.1 Å². The van der Waals surface area contributed by atoms with E-state index in [1.165, 1.54) is 12.8 Å². The third-order valence-electron chi connectivity index (χ3n) is 4.97. The fourth-order valence-corrected chi connectivity index (χ4v) is 3.42. The van der Waals surface area contributed by atoms with Crippen molar-refractivity contribution in [3.8, 4) is 0 Å². The lowest BCUT2D eigenvalue weighted by molar-refractivity contribution is -0.123. The maximum absolute atomic E-state index is 12.4. The lowest BCUT2D eigenvalue weighted by atomic mass is 10.2. The van der Waals surface area contributed by atoms with Crippen LogP contribution in [-0.2, 0) is 4.79 Å². The number of amides is 3. The summed E-state index contributed by atoms with van der Waals surface area (Å²) >= 11 is 0. The fraction of sp³-hybridized carbons (Fsp3) is 0.611. The number of pyridine rings is 1. The van der Waals surface area contributed by atoms with Gasteiger partial charge in [0, 0.05) is 38.4 Å². The van der Waals surface area contributed by atoms with Crippen LogP contribution in [0.5, 0.6) is 0 Å². The van der Waals surface area contributed by atoms with Crippen LogP contribution in [0.2, 0.25) is 0 Å². The van der Waals surface area contributed by atoms with Crippen molar-refractivity contribution in [1.82, 2.24) is 20.5 Å². The van der Waals surface area contributed by atoms with Gasteiger partial charge in [0.1, 0.15) is 11.9 Å². The van der Waals surface area contributed by atoms with Crippen molar-refractivity contribution in [2.24, 2.45) is 0 Å². The molecule has 1 saturated heterocycles. The maximum atomic E-state index is 12.4. The molecule has 1 aromatic heterocycles. The average molecular weight is 345 g/mol. The van der Waals surface area contributed by atoms with Crippen molar-refractivity contribution in [3.05, 3.63) is 24.4 Å². The molecule has 1 aliphatic heterocycles. The third kappa shape index (κ3) is 4.61. The highest BCUT2D eigenvalue weighted by Gasteiger charge is 2.26. The SMILES string of the molecule is CC(NC(=O)N1CCN(c2ccccn2)CC1)C(=O)NC1CCCC1. The molecule has 0 bridgehead atoms. The molecule has 2 heterocycles. The van der Waals surface area contributed by atoms with Crippen LogP contribution >= 0.6 is 0 Å². The van der Waals surface area contributed by atoms with Crippen LogP contribution in [0.4, 0.5) is 10.6 Å². The number of nitrogens with one attached hydrogen (secondary N) is 2. The molecular weight excluding hydrogens is 318 g/mol. The van der Waals surface area contributed by atoms with E-state index in [0.717, 1.165) is 31.7 Å². The molecule has 0 spiro atoms. The van der Waals surface area contributed by atoms with Gasteiger partial charge in [-0.25, -0.2) is 9.78 Å². The minimum absolute atomic E-state index is 0.0904. The molecule has 7 nitrogen and oxygen atoms in total. The summed E-state index contributed by atoms with van der Waals surface area (Å²) in [6.45, 7) is 4.48. The van der Waals surface area contributed by atoms with Gasteiger partial charge in [0.05, 0.1) is 0 Å². The monoisotopic (exact) mass is 345 g/mol. The molecular formula is C18H27N5O2. The molecule has 1 saturated carbocycles. The largest absolute Gasteiger partial charge is 0.353 e. The highest BCUT2D eigenvalue weighted by molar-refractivity contribution is 5.87. The number of urea groups is 1. The fourth-order valence-electron chi connectivity index (χ4n) is 3.42. The number of rotatable bonds is 4. The third-order valence-corrected chi connectivity index (χ3v) is 4.97. The first kappa shape index (κ1) is 17.5. The molecule has 0 radical (unpaired) electrons. The normalized spacial score (nSPS) is 19.6. The molecule has 2 aliphatic rings. The Hall–Kier alpha value is -2.31. The highest BCUT2D eigenvalue weighted by atomic mass is 16.2. The Morgan fingerprint density at radius 1 is 1.16 bits per heavy atom. The predicted octanol–water partition coefficient (Wildman–Crippen LogP) is 1.36. The lowest BCUT2D eigenvalue weighted by Gasteiger charge is -2.35. The first-order chi connectivity index (χ1) is 12.1. The van der Waals surface area contributed by atoms with Gasteiger partial charge in [-0.1, -0.05) is 18.9 Å². The van der Waals surface area contributed by atoms with E-state index < -0.39 is 6.04 Å². The quantitative estimate of drug-likeness (QED) is 0.864. The molecule has 1 aromatic rings. The molecule has 7 heteroatoms. The Balaban J connectivity index is 1.43. The maximum Gasteiger partial charge on any atom is 0.318 e. The first-order valence-corrected chi connectivity index (χ1v) is 9.15. The molecule has 2 fully saturated rings. The molecule has 1 unspecified atom stereocenters. The van der Waals surface area contributed by atoms with Gasteiger partial charge >= 0.3 is 6.03 Å². The number of carbonyl (C=O) groups is 2. The summed E-state index contributed by atoms with van der Waals surface area (Å²) in [6, 6.07) is 5.42. The molecule has 25 heavy (non-hydrogen) atoms. The topological polar surface area (TPSA) is 77.6 Å². The lowest BCUT2D eigenvalue weighted by Crippen LogP contribution is -2.56. The van der Waals surface area contributed by atoms with Gasteiger partial charge < -0.3 is 20.4 Å². The van der Waals surface area contributed by atoms with E-state index in [0.29, 0.717) is 13.1 Å². The number of carbonyl (C=O) groups excluding carboxylic acids is 2. The summed E-state index contributed by atoms with van der Waals surface area (Å²) < 4.78 is 0. The molecule has 1 aliphatic carbocycles. The van der Waals surface area contributed by atoms with Crippen molar-refractivity contribution >= 4 is 17.8 Å². The number of hydrogen-bond donors (Lipinski definition) is 2. The molecule has 1 atom stereocenters. The molecule has 3 amide bonds. The van der Waals surface area contributed by atoms with Gasteiger partial charge in [-0.2, -0.15) is 0 Å². The second kappa shape index (κ2) is 8.18. The Morgan fingerprint density at radius 3 is 2.52 bits per heavy atom. The Morgan fingerprint density at radius 2 is 1.88 bits per heavy atom. The summed E-state index contributed by atoms with van der Waals surface area (Å²) in [7, 11) is 0. The predicted molar refractivity (Wildman–Crippen MR) is 96.4 cm³/mol. The first-order valence-electron chi connectivity index (χ1n) is 9.15. The van der Waals surface area contributed by atoms with Crippen LogP contribution in [0.15, 0.2) is 24.4 Å². The number of anilines is 1. The highest BCUT2D eigenvalue weighted by Crippen LogP contribution is 2.17. The van der Waals surface area contributed by atoms with Crippen molar-refractivity contribution in [3.63, 3.8) is 0 Å². The molecule has 0 aromatic carbocycles. The summed E-state index contributed by atoms with van der Waals surface area (Å²) in [5.74, 6) is 0.847. The smallest absolute Gasteiger partial charge is 0.318 e. The standard InChI is InChI=1S/C18H27N5O2/c1-14(17(24)21-15-6-2-3-7-15)20-18(25)23-12-10-22(11-13-23)16-8-4-5-9-19-16/h4-5,8-9,14-15H,2-3,6-7,10-13H2,1H3,(H,20,25)(H,21,24). The van der Waals surface area contributed by atoms with Crippen molar-refractivity contribution < 1.29 is 9.59 Å². The van der Waals surface area contributed by atoms with Crippen LogP contribution in [0.3, 0.4) is 0 Å². The zero-order valence-corrected chi connectivity index (χ0v) is 14.8. The van der Waals surface area contributed by atoms with Crippen molar-refractivity contribution in [2.75, 3.05) is 31.1 Å². The van der Waals surface area contributed by atoms with Gasteiger partial charge in [0.15, 0.2) is 0 Å². The van der Waals surface area contributed by atoms with Gasteiger partial charge in [0.25, 0.3) is 0 Å². The summed E-state index contributed by atoms with van der Waals surface area (Å²) in [5.41, 5.74) is 0. The van der Waals surface area contributed by atoms with Gasteiger partial charge in [-0.15, -0.1) is 0 Å². The minimum Gasteiger partial charge on any atom is -0.353 e. The number of aromatic nitrogens is 1. The van der Waals surface area contributed by atoms with E-state index >= 15 is 0 Å². The Bertz CT molecular complexity index is 580. The van der Waals surface area contributed by atoms with Gasteiger partial charge in [-0.05, 0) is 31.9 Å².